The zero-order valence-electron chi connectivity index (χ0n) is 12.9. The van der Waals surface area contributed by atoms with Crippen LogP contribution in [0, 0.1) is 0 Å². The SMILES string of the molecule is O=C(Cc1cccc2nccn12)NC1=C(c2ncn[nH]2)C(Br)=CSC1. The molecule has 0 bridgehead atoms. The van der Waals surface area contributed by atoms with E-state index in [4.69, 9.17) is 0 Å². The average Bonchev–Trinajstić information content (AvgIpc) is 3.26. The Morgan fingerprint density at radius 1 is 1.40 bits per heavy atom. The van der Waals surface area contributed by atoms with Gasteiger partial charge < -0.3 is 9.72 Å². The summed E-state index contributed by atoms with van der Waals surface area (Å²) in [5.74, 6) is 1.19. The first-order valence-electron chi connectivity index (χ1n) is 7.49. The number of fused-ring (bicyclic) bond motifs is 1. The van der Waals surface area contributed by atoms with E-state index in [-0.39, 0.29) is 12.3 Å². The summed E-state index contributed by atoms with van der Waals surface area (Å²) >= 11 is 5.14. The van der Waals surface area contributed by atoms with Gasteiger partial charge in [0.15, 0.2) is 5.82 Å². The number of rotatable bonds is 4. The fourth-order valence-electron chi connectivity index (χ4n) is 2.68. The van der Waals surface area contributed by atoms with E-state index in [1.54, 1.807) is 18.0 Å². The molecule has 0 spiro atoms. The van der Waals surface area contributed by atoms with Crippen LogP contribution in [0.4, 0.5) is 0 Å². The fourth-order valence-corrected chi connectivity index (χ4v) is 4.24. The molecular formula is C16H13BrN6OS. The third-order valence-electron chi connectivity index (χ3n) is 3.75. The molecule has 126 valence electrons. The van der Waals surface area contributed by atoms with E-state index in [2.05, 4.69) is 41.4 Å². The van der Waals surface area contributed by atoms with Crippen LogP contribution in [0.5, 0.6) is 0 Å². The topological polar surface area (TPSA) is 88.0 Å². The summed E-state index contributed by atoms with van der Waals surface area (Å²) < 4.78 is 2.78. The number of nitrogens with one attached hydrogen (secondary N) is 2. The normalized spacial score (nSPS) is 14.7. The van der Waals surface area contributed by atoms with E-state index in [1.165, 1.54) is 6.33 Å². The van der Waals surface area contributed by atoms with E-state index in [0.717, 1.165) is 27.1 Å². The predicted octanol–water partition coefficient (Wildman–Crippen LogP) is 2.51. The number of pyridine rings is 1. The quantitative estimate of drug-likeness (QED) is 0.681. The molecule has 1 amide bonds. The van der Waals surface area contributed by atoms with Crippen molar-refractivity contribution in [3.05, 3.63) is 64.0 Å². The van der Waals surface area contributed by atoms with Crippen LogP contribution in [0.3, 0.4) is 0 Å². The molecule has 0 fully saturated rings. The number of aromatic amines is 1. The Labute approximate surface area is 155 Å². The van der Waals surface area contributed by atoms with Gasteiger partial charge in [0.2, 0.25) is 5.91 Å². The Bertz CT molecular complexity index is 991. The highest BCUT2D eigenvalue weighted by atomic mass is 79.9. The number of carbonyl (C=O) groups excluding carboxylic acids is 1. The monoisotopic (exact) mass is 416 g/mol. The van der Waals surface area contributed by atoms with Crippen molar-refractivity contribution in [2.24, 2.45) is 0 Å². The predicted molar refractivity (Wildman–Crippen MR) is 99.8 cm³/mol. The van der Waals surface area contributed by atoms with E-state index in [9.17, 15) is 4.79 Å². The third kappa shape index (κ3) is 3.24. The smallest absolute Gasteiger partial charge is 0.230 e. The number of imidazole rings is 1. The van der Waals surface area contributed by atoms with E-state index in [1.807, 2.05) is 34.2 Å². The molecule has 1 aliphatic rings. The van der Waals surface area contributed by atoms with Crippen LogP contribution in [-0.4, -0.2) is 36.2 Å². The van der Waals surface area contributed by atoms with Crippen LogP contribution in [-0.2, 0) is 11.2 Å². The molecule has 0 saturated heterocycles. The van der Waals surface area contributed by atoms with Crippen LogP contribution >= 0.6 is 27.7 Å². The van der Waals surface area contributed by atoms with Crippen molar-refractivity contribution in [2.75, 3.05) is 5.75 Å². The molecular weight excluding hydrogens is 404 g/mol. The van der Waals surface area contributed by atoms with Crippen molar-refractivity contribution < 1.29 is 4.79 Å². The van der Waals surface area contributed by atoms with Crippen LogP contribution < -0.4 is 5.32 Å². The summed E-state index contributed by atoms with van der Waals surface area (Å²) in [4.78, 5) is 21.0. The van der Waals surface area contributed by atoms with Gasteiger partial charge >= 0.3 is 0 Å². The van der Waals surface area contributed by atoms with E-state index >= 15 is 0 Å². The van der Waals surface area contributed by atoms with Gasteiger partial charge in [-0.1, -0.05) is 6.07 Å². The highest BCUT2D eigenvalue weighted by Crippen LogP contribution is 2.35. The zero-order valence-corrected chi connectivity index (χ0v) is 15.3. The van der Waals surface area contributed by atoms with Crippen molar-refractivity contribution in [2.45, 2.75) is 6.42 Å². The number of aromatic nitrogens is 5. The molecule has 3 aromatic heterocycles. The van der Waals surface area contributed by atoms with Crippen LogP contribution in [0.15, 0.2) is 52.5 Å². The first-order valence-corrected chi connectivity index (χ1v) is 9.34. The molecule has 0 atom stereocenters. The van der Waals surface area contributed by atoms with Crippen LogP contribution in [0.2, 0.25) is 0 Å². The number of amides is 1. The molecule has 1 aliphatic heterocycles. The first kappa shape index (κ1) is 16.1. The molecule has 25 heavy (non-hydrogen) atoms. The summed E-state index contributed by atoms with van der Waals surface area (Å²) in [6.45, 7) is 0. The minimum absolute atomic E-state index is 0.0870. The summed E-state index contributed by atoms with van der Waals surface area (Å²) in [5, 5.41) is 11.7. The van der Waals surface area contributed by atoms with E-state index in [0.29, 0.717) is 11.6 Å². The average molecular weight is 417 g/mol. The zero-order chi connectivity index (χ0) is 17.2. The molecule has 0 aromatic carbocycles. The molecule has 2 N–H and O–H groups in total. The number of hydrogen-bond acceptors (Lipinski definition) is 5. The molecule has 4 heterocycles. The number of hydrogen-bond donors (Lipinski definition) is 2. The second-order valence-electron chi connectivity index (χ2n) is 5.36. The summed E-state index contributed by atoms with van der Waals surface area (Å²) in [6, 6.07) is 5.73. The lowest BCUT2D eigenvalue weighted by atomic mass is 10.1. The second-order valence-corrected chi connectivity index (χ2v) is 7.07. The molecule has 0 radical (unpaired) electrons. The highest BCUT2D eigenvalue weighted by Gasteiger charge is 2.21. The van der Waals surface area contributed by atoms with Gasteiger partial charge in [-0.15, -0.1) is 11.8 Å². The fraction of sp³-hybridized carbons (Fsp3) is 0.125. The van der Waals surface area contributed by atoms with Crippen molar-refractivity contribution in [3.8, 4) is 0 Å². The first-order chi connectivity index (χ1) is 12.2. The highest BCUT2D eigenvalue weighted by molar-refractivity contribution is 9.12. The molecule has 3 aromatic rings. The van der Waals surface area contributed by atoms with Gasteiger partial charge in [-0.25, -0.2) is 9.97 Å². The number of allylic oxidation sites excluding steroid dienone is 2. The van der Waals surface area contributed by atoms with Gasteiger partial charge in [-0.2, -0.15) is 5.10 Å². The standard InChI is InChI=1S/C16H13BrN6OS/c17-11-7-25-8-12(15(11)16-19-9-20-22-16)21-14(24)6-10-2-1-3-13-18-4-5-23(10)13/h1-5,7,9H,6,8H2,(H,21,24)(H,19,20,22). The van der Waals surface area contributed by atoms with Crippen LogP contribution in [0.1, 0.15) is 11.5 Å². The lowest BCUT2D eigenvalue weighted by molar-refractivity contribution is -0.119. The second kappa shape index (κ2) is 6.85. The lowest BCUT2D eigenvalue weighted by Crippen LogP contribution is -2.28. The molecule has 0 aliphatic carbocycles. The Morgan fingerprint density at radius 2 is 2.32 bits per heavy atom. The maximum absolute atomic E-state index is 12.6. The van der Waals surface area contributed by atoms with E-state index < -0.39 is 0 Å². The van der Waals surface area contributed by atoms with Crippen molar-refractivity contribution in [1.82, 2.24) is 29.9 Å². The van der Waals surface area contributed by atoms with Gasteiger partial charge in [0, 0.05) is 34.0 Å². The lowest BCUT2D eigenvalue weighted by Gasteiger charge is -2.18. The van der Waals surface area contributed by atoms with Gasteiger partial charge in [-0.3, -0.25) is 9.89 Å². The minimum atomic E-state index is -0.0870. The van der Waals surface area contributed by atoms with Gasteiger partial charge in [0.05, 0.1) is 12.0 Å². The summed E-state index contributed by atoms with van der Waals surface area (Å²) in [7, 11) is 0. The number of halogens is 1. The Morgan fingerprint density at radius 3 is 3.16 bits per heavy atom. The van der Waals surface area contributed by atoms with Crippen LogP contribution in [0.25, 0.3) is 11.2 Å². The maximum atomic E-state index is 12.6. The Balaban J connectivity index is 1.60. The number of nitrogens with zero attached hydrogens (tertiary/aromatic N) is 4. The number of carbonyl (C=O) groups is 1. The van der Waals surface area contributed by atoms with Crippen molar-refractivity contribution in [1.29, 1.82) is 0 Å². The third-order valence-corrected chi connectivity index (χ3v) is 5.54. The Kier molecular flexibility index (Phi) is 4.41. The molecule has 4 rings (SSSR count). The largest absolute Gasteiger partial charge is 0.328 e. The van der Waals surface area contributed by atoms with Crippen molar-refractivity contribution in [3.63, 3.8) is 0 Å². The number of thioether (sulfide) groups is 1. The number of H-pyrrole nitrogens is 1. The summed E-state index contributed by atoms with van der Waals surface area (Å²) in [5.41, 5.74) is 3.34. The van der Waals surface area contributed by atoms with Gasteiger partial charge in [-0.05, 0) is 33.5 Å². The Hall–Kier alpha value is -2.39. The molecule has 9 heteroatoms. The molecule has 0 saturated carbocycles. The van der Waals surface area contributed by atoms with Gasteiger partial charge in [0.25, 0.3) is 0 Å². The minimum Gasteiger partial charge on any atom is -0.328 e. The van der Waals surface area contributed by atoms with Gasteiger partial charge in [0.1, 0.15) is 12.0 Å². The molecule has 7 nitrogen and oxygen atoms in total. The summed E-state index contributed by atoms with van der Waals surface area (Å²) in [6.07, 6.45) is 5.28. The molecule has 0 unspecified atom stereocenters. The maximum Gasteiger partial charge on any atom is 0.230 e. The van der Waals surface area contributed by atoms with Crippen molar-refractivity contribution >= 4 is 44.8 Å².